The van der Waals surface area contributed by atoms with Gasteiger partial charge in [-0.2, -0.15) is 0 Å². The first-order valence-electron chi connectivity index (χ1n) is 12.5. The number of aryl methyl sites for hydroxylation is 3. The number of anilines is 1. The Morgan fingerprint density at radius 3 is 2.68 bits per heavy atom. The molecule has 0 unspecified atom stereocenters. The number of carbonyl (C=O) groups is 1. The SMILES string of the molecule is Cc1ccc(C)c(NC(=O)CCN2C(=S)N[C@H](c3ccccn3)[C@H]2c2ccc(-c3cc(Cl)ccc3C)o2)c1. The zero-order chi connectivity index (χ0) is 26.8. The van der Waals surface area contributed by atoms with E-state index in [4.69, 9.17) is 28.2 Å². The molecule has 1 saturated heterocycles. The number of nitrogens with zero attached hydrogens (tertiary/aromatic N) is 2. The first-order valence-corrected chi connectivity index (χ1v) is 13.3. The molecule has 5 rings (SSSR count). The van der Waals surface area contributed by atoms with E-state index >= 15 is 0 Å². The van der Waals surface area contributed by atoms with E-state index in [-0.39, 0.29) is 24.4 Å². The Labute approximate surface area is 233 Å². The highest BCUT2D eigenvalue weighted by molar-refractivity contribution is 7.80. The summed E-state index contributed by atoms with van der Waals surface area (Å²) in [6.07, 6.45) is 2.03. The summed E-state index contributed by atoms with van der Waals surface area (Å²) in [5, 5.41) is 7.66. The van der Waals surface area contributed by atoms with Gasteiger partial charge < -0.3 is 20.0 Å². The third kappa shape index (κ3) is 5.44. The summed E-state index contributed by atoms with van der Waals surface area (Å²) in [6, 6.07) is 21.0. The Bertz CT molecular complexity index is 1490. The second-order valence-corrected chi connectivity index (χ2v) is 10.4. The highest BCUT2D eigenvalue weighted by atomic mass is 35.5. The predicted octanol–water partition coefficient (Wildman–Crippen LogP) is 6.92. The van der Waals surface area contributed by atoms with Gasteiger partial charge in [0.25, 0.3) is 0 Å². The van der Waals surface area contributed by atoms with Gasteiger partial charge in [0.1, 0.15) is 17.6 Å². The molecule has 0 spiro atoms. The molecular formula is C30H29ClN4O2S. The Kier molecular flexibility index (Phi) is 7.49. The fourth-order valence-corrected chi connectivity index (χ4v) is 5.28. The number of carbonyl (C=O) groups excluding carboxylic acids is 1. The number of furan rings is 1. The summed E-state index contributed by atoms with van der Waals surface area (Å²) in [5.74, 6) is 1.39. The number of rotatable bonds is 7. The number of aromatic nitrogens is 1. The van der Waals surface area contributed by atoms with Crippen molar-refractivity contribution in [2.45, 2.75) is 39.3 Å². The average Bonchev–Trinajstić information content (AvgIpc) is 3.51. The first kappa shape index (κ1) is 25.9. The van der Waals surface area contributed by atoms with Gasteiger partial charge >= 0.3 is 0 Å². The molecule has 2 N–H and O–H groups in total. The van der Waals surface area contributed by atoms with E-state index in [0.29, 0.717) is 16.7 Å². The molecule has 1 amide bonds. The number of halogens is 1. The van der Waals surface area contributed by atoms with Crippen molar-refractivity contribution in [1.82, 2.24) is 15.2 Å². The summed E-state index contributed by atoms with van der Waals surface area (Å²) >= 11 is 12.0. The van der Waals surface area contributed by atoms with E-state index in [9.17, 15) is 4.79 Å². The van der Waals surface area contributed by atoms with Crippen LogP contribution in [0.3, 0.4) is 0 Å². The van der Waals surface area contributed by atoms with Crippen LogP contribution < -0.4 is 10.6 Å². The second-order valence-electron chi connectivity index (χ2n) is 9.60. The fourth-order valence-electron chi connectivity index (χ4n) is 4.78. The fraction of sp³-hybridized carbons (Fsp3) is 0.233. The van der Waals surface area contributed by atoms with Gasteiger partial charge in [0.2, 0.25) is 5.91 Å². The average molecular weight is 545 g/mol. The number of nitrogens with one attached hydrogen (secondary N) is 2. The van der Waals surface area contributed by atoms with E-state index in [1.807, 2.05) is 92.4 Å². The van der Waals surface area contributed by atoms with Crippen molar-refractivity contribution in [2.75, 3.05) is 11.9 Å². The second kappa shape index (κ2) is 11.0. The van der Waals surface area contributed by atoms with Gasteiger partial charge in [-0.15, -0.1) is 0 Å². The van der Waals surface area contributed by atoms with Crippen LogP contribution in [0.15, 0.2) is 77.3 Å². The van der Waals surface area contributed by atoms with Gasteiger partial charge in [0.15, 0.2) is 5.11 Å². The van der Waals surface area contributed by atoms with Gasteiger partial charge in [-0.1, -0.05) is 35.9 Å². The zero-order valence-electron chi connectivity index (χ0n) is 21.5. The van der Waals surface area contributed by atoms with Gasteiger partial charge in [-0.05, 0) is 92.1 Å². The summed E-state index contributed by atoms with van der Waals surface area (Å²) in [7, 11) is 0. The molecule has 6 nitrogen and oxygen atoms in total. The van der Waals surface area contributed by atoms with Crippen LogP contribution in [-0.2, 0) is 4.79 Å². The summed E-state index contributed by atoms with van der Waals surface area (Å²) in [6.45, 7) is 6.44. The lowest BCUT2D eigenvalue weighted by atomic mass is 10.0. The largest absolute Gasteiger partial charge is 0.459 e. The van der Waals surface area contributed by atoms with Crippen LogP contribution in [0, 0.1) is 20.8 Å². The normalized spacial score (nSPS) is 16.9. The molecule has 1 aliphatic rings. The topological polar surface area (TPSA) is 70.4 Å². The number of pyridine rings is 1. The molecule has 0 radical (unpaired) electrons. The van der Waals surface area contributed by atoms with Crippen molar-refractivity contribution < 1.29 is 9.21 Å². The summed E-state index contributed by atoms with van der Waals surface area (Å²) in [5.41, 5.74) is 5.79. The van der Waals surface area contributed by atoms with E-state index in [1.165, 1.54) is 0 Å². The number of thiocarbonyl (C=S) groups is 1. The minimum Gasteiger partial charge on any atom is -0.459 e. The molecule has 3 heterocycles. The van der Waals surface area contributed by atoms with Gasteiger partial charge in [0.05, 0.1) is 11.7 Å². The van der Waals surface area contributed by atoms with Crippen molar-refractivity contribution in [3.63, 3.8) is 0 Å². The monoisotopic (exact) mass is 544 g/mol. The van der Waals surface area contributed by atoms with Crippen LogP contribution in [0.25, 0.3) is 11.3 Å². The maximum atomic E-state index is 12.9. The molecule has 0 bridgehead atoms. The molecule has 0 saturated carbocycles. The quantitative estimate of drug-likeness (QED) is 0.246. The standard InChI is InChI=1S/C30H29ClN4O2S/c1-18-7-8-20(3)24(16-18)33-27(36)13-15-35-29(28(34-30(35)38)23-6-4-5-14-32-23)26-12-11-25(37-26)22-17-21(31)10-9-19(22)2/h4-12,14,16-17,28-29H,13,15H2,1-3H3,(H,33,36)(H,34,38)/t28-,29-/m1/s1. The lowest BCUT2D eigenvalue weighted by molar-refractivity contribution is -0.116. The third-order valence-electron chi connectivity index (χ3n) is 6.83. The Morgan fingerprint density at radius 2 is 1.89 bits per heavy atom. The zero-order valence-corrected chi connectivity index (χ0v) is 23.1. The highest BCUT2D eigenvalue weighted by Crippen LogP contribution is 2.41. The van der Waals surface area contributed by atoms with Crippen LogP contribution in [0.4, 0.5) is 5.69 Å². The van der Waals surface area contributed by atoms with Crippen molar-refractivity contribution in [3.05, 3.63) is 106 Å². The van der Waals surface area contributed by atoms with Gasteiger partial charge in [-0.3, -0.25) is 9.78 Å². The molecule has 1 aliphatic heterocycles. The molecule has 2 aromatic carbocycles. The lowest BCUT2D eigenvalue weighted by Gasteiger charge is -2.26. The Hall–Kier alpha value is -3.68. The van der Waals surface area contributed by atoms with E-state index < -0.39 is 0 Å². The molecule has 0 aliphatic carbocycles. The summed E-state index contributed by atoms with van der Waals surface area (Å²) in [4.78, 5) is 19.5. The van der Waals surface area contributed by atoms with Crippen molar-refractivity contribution in [2.24, 2.45) is 0 Å². The number of benzene rings is 2. The molecule has 2 atom stereocenters. The maximum Gasteiger partial charge on any atom is 0.226 e. The highest BCUT2D eigenvalue weighted by Gasteiger charge is 2.41. The minimum absolute atomic E-state index is 0.0729. The van der Waals surface area contributed by atoms with Crippen LogP contribution in [0.2, 0.25) is 5.02 Å². The van der Waals surface area contributed by atoms with Gasteiger partial charge in [0, 0.05) is 35.4 Å². The lowest BCUT2D eigenvalue weighted by Crippen LogP contribution is -2.32. The molecule has 2 aromatic heterocycles. The van der Waals surface area contributed by atoms with Crippen LogP contribution in [0.1, 0.15) is 46.6 Å². The van der Waals surface area contributed by atoms with E-state index in [1.54, 1.807) is 6.20 Å². The van der Waals surface area contributed by atoms with Crippen molar-refractivity contribution in [1.29, 1.82) is 0 Å². The third-order valence-corrected chi connectivity index (χ3v) is 7.42. The Balaban J connectivity index is 1.42. The van der Waals surface area contributed by atoms with Gasteiger partial charge in [-0.25, -0.2) is 0 Å². The molecule has 38 heavy (non-hydrogen) atoms. The van der Waals surface area contributed by atoms with E-state index in [0.717, 1.165) is 45.2 Å². The number of hydrogen-bond donors (Lipinski definition) is 2. The van der Waals surface area contributed by atoms with Crippen LogP contribution in [-0.4, -0.2) is 27.4 Å². The first-order chi connectivity index (χ1) is 18.3. The van der Waals surface area contributed by atoms with Crippen LogP contribution >= 0.6 is 23.8 Å². The van der Waals surface area contributed by atoms with Crippen LogP contribution in [0.5, 0.6) is 0 Å². The molecule has 4 aromatic rings. The number of hydrogen-bond acceptors (Lipinski definition) is 4. The van der Waals surface area contributed by atoms with E-state index in [2.05, 4.69) is 15.6 Å². The minimum atomic E-state index is -0.279. The molecule has 1 fully saturated rings. The Morgan fingerprint density at radius 1 is 1.08 bits per heavy atom. The predicted molar refractivity (Wildman–Crippen MR) is 155 cm³/mol. The number of amides is 1. The molecular weight excluding hydrogens is 516 g/mol. The maximum absolute atomic E-state index is 12.9. The van der Waals surface area contributed by atoms with Crippen molar-refractivity contribution >= 4 is 40.5 Å². The smallest absolute Gasteiger partial charge is 0.226 e. The molecule has 8 heteroatoms. The summed E-state index contributed by atoms with van der Waals surface area (Å²) < 4.78 is 6.42. The molecule has 194 valence electrons. The van der Waals surface area contributed by atoms with Crippen molar-refractivity contribution in [3.8, 4) is 11.3 Å².